The second-order valence-corrected chi connectivity index (χ2v) is 0.848. The monoisotopic (exact) mass is 162 g/mol. The Morgan fingerprint density at radius 1 is 1.00 bits per heavy atom. The minimum Gasteiger partial charge on any atom is -0.511 e. The lowest BCUT2D eigenvalue weighted by atomic mass is 15.8. The standard InChI is InChI=1S/Al.H2O3Si.3H2O.3H/c;1-4(2)3;;;;;;/h;1-2H;3*1H2;;;. The first kappa shape index (κ1) is 43.2. The smallest absolute Gasteiger partial charge is 0.511 e. The fourth-order valence-electron chi connectivity index (χ4n) is 0. The van der Waals surface area contributed by atoms with Crippen molar-refractivity contribution in [3.05, 3.63) is 0 Å². The van der Waals surface area contributed by atoms with E-state index in [0.29, 0.717) is 0 Å². The summed E-state index contributed by atoms with van der Waals surface area (Å²) in [6.07, 6.45) is 0. The molecule has 0 aromatic carbocycles. The maximum absolute atomic E-state index is 8.74. The van der Waals surface area contributed by atoms with E-state index in [2.05, 4.69) is 0 Å². The summed E-state index contributed by atoms with van der Waals surface area (Å²) >= 11 is 0. The van der Waals surface area contributed by atoms with Gasteiger partial charge in [0.05, 0.1) is 0 Å². The van der Waals surface area contributed by atoms with Gasteiger partial charge in [-0.2, -0.15) is 0 Å². The second kappa shape index (κ2) is 27.8. The third-order valence-corrected chi connectivity index (χ3v) is 0. The minimum atomic E-state index is -3.13. The van der Waals surface area contributed by atoms with E-state index in [1.807, 2.05) is 0 Å². The molecule has 0 atom stereocenters. The number of hydrogen-bond acceptors (Lipinski definition) is 1. The molecule has 0 aliphatic heterocycles. The predicted octanol–water partition coefficient (Wildman–Crippen LogP) is -5.27. The molecule has 0 spiro atoms. The lowest BCUT2D eigenvalue weighted by molar-refractivity contribution is 0.330. The van der Waals surface area contributed by atoms with Gasteiger partial charge in [0.15, 0.2) is 17.4 Å². The third kappa shape index (κ3) is 177000. The molecule has 0 saturated heterocycles. The summed E-state index contributed by atoms with van der Waals surface area (Å²) in [5.41, 5.74) is 0. The van der Waals surface area contributed by atoms with Crippen LogP contribution in [0, 0.1) is 0 Å². The number of rotatable bonds is 0. The van der Waals surface area contributed by atoms with Crippen LogP contribution in [0.15, 0.2) is 0 Å². The Labute approximate surface area is 57.7 Å². The van der Waals surface area contributed by atoms with Crippen LogP contribution in [-0.2, 0) is 4.46 Å². The SMILES string of the molecule is O.O.O.O=[Si](O)O.[AlH3]. The molecule has 0 aliphatic carbocycles. The molecular weight excluding hydrogens is 151 g/mol. The van der Waals surface area contributed by atoms with Crippen LogP contribution in [0.25, 0.3) is 0 Å². The van der Waals surface area contributed by atoms with Crippen molar-refractivity contribution in [1.29, 1.82) is 0 Å². The molecule has 0 bridgehead atoms. The first-order valence-corrected chi connectivity index (χ1v) is 1.95. The highest BCUT2D eigenvalue weighted by Gasteiger charge is 1.85. The van der Waals surface area contributed by atoms with Gasteiger partial charge in [0.2, 0.25) is 0 Å². The summed E-state index contributed by atoms with van der Waals surface area (Å²) < 4.78 is 8.74. The Morgan fingerprint density at radius 3 is 1.00 bits per heavy atom. The Kier molecular flexibility index (Phi) is 150. The highest BCUT2D eigenvalue weighted by atomic mass is 28.3. The van der Waals surface area contributed by atoms with Crippen LogP contribution >= 0.6 is 0 Å². The largest absolute Gasteiger partial charge is 0.761 e. The van der Waals surface area contributed by atoms with E-state index in [4.69, 9.17) is 14.1 Å². The molecule has 54 valence electrons. The molecule has 0 heterocycles. The van der Waals surface area contributed by atoms with Gasteiger partial charge in [-0.3, -0.25) is 4.46 Å². The van der Waals surface area contributed by atoms with Crippen molar-refractivity contribution in [3.8, 4) is 0 Å². The summed E-state index contributed by atoms with van der Waals surface area (Å²) in [4.78, 5) is 14.3. The van der Waals surface area contributed by atoms with E-state index in [9.17, 15) is 0 Å². The van der Waals surface area contributed by atoms with Crippen LogP contribution in [0.5, 0.6) is 0 Å². The quantitative estimate of drug-likeness (QED) is 0.342. The summed E-state index contributed by atoms with van der Waals surface area (Å²) in [6.45, 7) is 0. The summed E-state index contributed by atoms with van der Waals surface area (Å²) in [5.74, 6) is 0. The predicted molar refractivity (Wildman–Crippen MR) is 31.7 cm³/mol. The molecule has 6 nitrogen and oxygen atoms in total. The normalized spacial score (nSPS) is 3.00. The third-order valence-electron chi connectivity index (χ3n) is 0. The summed E-state index contributed by atoms with van der Waals surface area (Å²) in [5, 5.41) is 0. The van der Waals surface area contributed by atoms with Crippen molar-refractivity contribution < 1.29 is 30.5 Å². The molecule has 0 radical (unpaired) electrons. The van der Waals surface area contributed by atoms with Crippen molar-refractivity contribution in [2.45, 2.75) is 0 Å². The van der Waals surface area contributed by atoms with Crippen molar-refractivity contribution in [1.82, 2.24) is 0 Å². The van der Waals surface area contributed by atoms with E-state index in [1.165, 1.54) is 0 Å². The van der Waals surface area contributed by atoms with Gasteiger partial charge in [0, 0.05) is 0 Å². The zero-order valence-corrected chi connectivity index (χ0v) is 4.30. The summed E-state index contributed by atoms with van der Waals surface area (Å²) in [7, 11) is -3.13. The molecule has 0 fully saturated rings. The van der Waals surface area contributed by atoms with Gasteiger partial charge in [-0.05, 0) is 0 Å². The Morgan fingerprint density at radius 2 is 1.00 bits per heavy atom. The van der Waals surface area contributed by atoms with Crippen molar-refractivity contribution in [2.24, 2.45) is 0 Å². The van der Waals surface area contributed by atoms with Gasteiger partial charge in [0.25, 0.3) is 0 Å². The molecule has 8 N–H and O–H groups in total. The molecule has 0 aromatic heterocycles. The van der Waals surface area contributed by atoms with Gasteiger partial charge >= 0.3 is 9.17 Å². The van der Waals surface area contributed by atoms with Gasteiger partial charge in [-0.1, -0.05) is 0 Å². The lowest BCUT2D eigenvalue weighted by Gasteiger charge is -1.55. The highest BCUT2D eigenvalue weighted by molar-refractivity contribution is 6.22. The molecule has 8 heteroatoms. The van der Waals surface area contributed by atoms with Crippen LogP contribution in [0.3, 0.4) is 0 Å². The van der Waals surface area contributed by atoms with Crippen LogP contribution in [0.4, 0.5) is 0 Å². The van der Waals surface area contributed by atoms with Gasteiger partial charge < -0.3 is 26.0 Å². The van der Waals surface area contributed by atoms with Crippen molar-refractivity contribution in [3.63, 3.8) is 0 Å². The molecule has 0 aliphatic rings. The van der Waals surface area contributed by atoms with E-state index < -0.39 is 9.17 Å². The molecular formula is H11AlO6Si. The van der Waals surface area contributed by atoms with Gasteiger partial charge in [-0.25, -0.2) is 0 Å². The Balaban J connectivity index is -0.00000000750. The molecule has 0 amide bonds. The Hall–Kier alpha value is 0.0294. The van der Waals surface area contributed by atoms with Crippen LogP contribution < -0.4 is 0 Å². The maximum Gasteiger partial charge on any atom is 0.761 e. The van der Waals surface area contributed by atoms with Gasteiger partial charge in [-0.15, -0.1) is 0 Å². The van der Waals surface area contributed by atoms with Crippen LogP contribution in [0.2, 0.25) is 0 Å². The van der Waals surface area contributed by atoms with Crippen molar-refractivity contribution >= 4 is 26.5 Å². The number of hydrogen-bond donors (Lipinski definition) is 2. The summed E-state index contributed by atoms with van der Waals surface area (Å²) in [6, 6.07) is 0. The van der Waals surface area contributed by atoms with E-state index >= 15 is 0 Å². The molecule has 0 rings (SSSR count). The fraction of sp³-hybridized carbons (Fsp3) is 0. The Bertz CT molecular complexity index is 31.5. The zero-order valence-electron chi connectivity index (χ0n) is 3.30. The maximum atomic E-state index is 8.74. The molecule has 0 aromatic rings. The zero-order chi connectivity index (χ0) is 3.58. The molecule has 0 unspecified atom stereocenters. The second-order valence-electron chi connectivity index (χ2n) is 0.283. The van der Waals surface area contributed by atoms with Crippen LogP contribution in [-0.4, -0.2) is 52.6 Å². The molecule has 8 heavy (non-hydrogen) atoms. The van der Waals surface area contributed by atoms with Crippen molar-refractivity contribution in [2.75, 3.05) is 0 Å². The van der Waals surface area contributed by atoms with Gasteiger partial charge in [0.1, 0.15) is 0 Å². The highest BCUT2D eigenvalue weighted by Crippen LogP contribution is 1.27. The van der Waals surface area contributed by atoms with E-state index in [0.717, 1.165) is 0 Å². The minimum absolute atomic E-state index is 0. The average Bonchev–Trinajstić information content (AvgIpc) is 0.811. The molecule has 0 saturated carbocycles. The first-order valence-electron chi connectivity index (χ1n) is 0.651. The first-order chi connectivity index (χ1) is 1.73. The lowest BCUT2D eigenvalue weighted by Crippen LogP contribution is -1.90. The topological polar surface area (TPSA) is 152 Å². The van der Waals surface area contributed by atoms with E-state index in [-0.39, 0.29) is 33.8 Å². The van der Waals surface area contributed by atoms with E-state index in [1.54, 1.807) is 0 Å². The fourth-order valence-corrected chi connectivity index (χ4v) is 0. The van der Waals surface area contributed by atoms with Crippen LogP contribution in [0.1, 0.15) is 0 Å². The average molecular weight is 162 g/mol.